The van der Waals surface area contributed by atoms with Gasteiger partial charge in [-0.3, -0.25) is 25.0 Å². The molecule has 3 aromatic rings. The van der Waals surface area contributed by atoms with Gasteiger partial charge in [-0.25, -0.2) is 4.68 Å². The van der Waals surface area contributed by atoms with Crippen LogP contribution in [0.1, 0.15) is 5.56 Å². The summed E-state index contributed by atoms with van der Waals surface area (Å²) in [6.07, 6.45) is 1.61. The van der Waals surface area contributed by atoms with Crippen molar-refractivity contribution in [3.8, 4) is 16.9 Å². The number of aromatic nitrogens is 2. The molecule has 2 aromatic carbocycles. The molecule has 0 radical (unpaired) electrons. The molecule has 1 N–H and O–H groups in total. The Kier molecular flexibility index (Phi) is 5.44. The second-order valence-corrected chi connectivity index (χ2v) is 7.18. The van der Waals surface area contributed by atoms with E-state index in [2.05, 4.69) is 22.1 Å². The summed E-state index contributed by atoms with van der Waals surface area (Å²) in [5.74, 6) is 0. The van der Waals surface area contributed by atoms with Crippen molar-refractivity contribution in [1.82, 2.24) is 19.7 Å². The number of aromatic amines is 1. The van der Waals surface area contributed by atoms with Crippen molar-refractivity contribution in [1.29, 1.82) is 0 Å². The average Bonchev–Trinajstić information content (AvgIpc) is 3.10. The molecule has 9 heteroatoms. The lowest BCUT2D eigenvalue weighted by Gasteiger charge is -2.30. The second kappa shape index (κ2) is 8.34. The van der Waals surface area contributed by atoms with Crippen LogP contribution in [0.4, 0.5) is 5.69 Å². The van der Waals surface area contributed by atoms with Crippen LogP contribution in [-0.4, -0.2) is 64.1 Å². The first-order chi connectivity index (χ1) is 14.5. The number of hydrogen-bond donors (Lipinski definition) is 1. The third kappa shape index (κ3) is 4.01. The molecule has 0 aliphatic carbocycles. The molecule has 0 unspecified atom stereocenters. The second-order valence-electron chi connectivity index (χ2n) is 7.18. The van der Waals surface area contributed by atoms with E-state index in [4.69, 9.17) is 0 Å². The zero-order valence-electron chi connectivity index (χ0n) is 16.6. The van der Waals surface area contributed by atoms with E-state index in [0.29, 0.717) is 16.9 Å². The van der Waals surface area contributed by atoms with Gasteiger partial charge in [0.15, 0.2) is 0 Å². The van der Waals surface area contributed by atoms with Crippen LogP contribution in [0, 0.1) is 10.1 Å². The van der Waals surface area contributed by atoms with Crippen LogP contribution in [-0.2, 0) is 0 Å². The topological polar surface area (TPSA) is 99.8 Å². The van der Waals surface area contributed by atoms with Gasteiger partial charge in [0.25, 0.3) is 11.2 Å². The van der Waals surface area contributed by atoms with E-state index in [0.717, 1.165) is 31.7 Å². The number of H-pyrrole nitrogens is 1. The van der Waals surface area contributed by atoms with Crippen molar-refractivity contribution >= 4 is 11.9 Å². The van der Waals surface area contributed by atoms with Crippen LogP contribution in [0.5, 0.6) is 0 Å². The minimum atomic E-state index is -0.467. The molecule has 1 aliphatic rings. The van der Waals surface area contributed by atoms with E-state index in [1.165, 1.54) is 16.8 Å². The highest BCUT2D eigenvalue weighted by molar-refractivity contribution is 5.88. The number of nitro groups is 1. The van der Waals surface area contributed by atoms with Crippen LogP contribution < -0.4 is 5.56 Å². The standard InChI is InChI=1S/C21H22N6O3/c1-24-11-13-25(14-12-24)22-15-19-20(16-5-3-2-4-6-16)23-26(21(19)28)17-7-9-18(10-8-17)27(29)30/h2-10,15,23H,11-14H2,1H3/b22-15+. The van der Waals surface area contributed by atoms with Gasteiger partial charge in [0.1, 0.15) is 0 Å². The van der Waals surface area contributed by atoms with Gasteiger partial charge in [0.2, 0.25) is 0 Å². The number of hydrazone groups is 1. The molecule has 1 aromatic heterocycles. The maximum atomic E-state index is 13.2. The Hall–Kier alpha value is -3.72. The molecule has 9 nitrogen and oxygen atoms in total. The van der Waals surface area contributed by atoms with Gasteiger partial charge >= 0.3 is 0 Å². The number of nitrogens with one attached hydrogen (secondary N) is 1. The Morgan fingerprint density at radius 3 is 2.33 bits per heavy atom. The maximum absolute atomic E-state index is 13.2. The molecule has 1 aliphatic heterocycles. The maximum Gasteiger partial charge on any atom is 0.280 e. The van der Waals surface area contributed by atoms with Gasteiger partial charge in [-0.1, -0.05) is 30.3 Å². The molecule has 1 saturated heterocycles. The number of non-ortho nitro benzene ring substituents is 1. The SMILES string of the molecule is CN1CCN(/N=C/c2c(-c3ccccc3)[nH]n(-c3ccc([N+](=O)[O-])cc3)c2=O)CC1. The van der Waals surface area contributed by atoms with Crippen molar-refractivity contribution in [3.63, 3.8) is 0 Å². The van der Waals surface area contributed by atoms with E-state index >= 15 is 0 Å². The van der Waals surface area contributed by atoms with Crippen LogP contribution in [0.2, 0.25) is 0 Å². The molecule has 30 heavy (non-hydrogen) atoms. The number of nitro benzene ring substituents is 1. The Morgan fingerprint density at radius 1 is 1.03 bits per heavy atom. The largest absolute Gasteiger partial charge is 0.303 e. The molecule has 0 atom stereocenters. The van der Waals surface area contributed by atoms with Crippen molar-refractivity contribution in [2.45, 2.75) is 0 Å². The van der Waals surface area contributed by atoms with Crippen molar-refractivity contribution < 1.29 is 4.92 Å². The Bertz CT molecular complexity index is 1110. The predicted octanol–water partition coefficient (Wildman–Crippen LogP) is 2.32. The molecule has 154 valence electrons. The zero-order chi connectivity index (χ0) is 21.1. The molecule has 0 spiro atoms. The number of nitrogens with zero attached hydrogens (tertiary/aromatic N) is 5. The fourth-order valence-electron chi connectivity index (χ4n) is 3.35. The summed E-state index contributed by atoms with van der Waals surface area (Å²) in [5.41, 5.74) is 2.17. The first-order valence-corrected chi connectivity index (χ1v) is 9.65. The number of piperazine rings is 1. The number of rotatable bonds is 5. The Balaban J connectivity index is 1.74. The van der Waals surface area contributed by atoms with Gasteiger partial charge in [-0.05, 0) is 19.2 Å². The summed E-state index contributed by atoms with van der Waals surface area (Å²) in [6.45, 7) is 3.44. The van der Waals surface area contributed by atoms with Gasteiger partial charge in [0, 0.05) is 43.9 Å². The van der Waals surface area contributed by atoms with E-state index in [-0.39, 0.29) is 11.2 Å². The summed E-state index contributed by atoms with van der Waals surface area (Å²) >= 11 is 0. The highest BCUT2D eigenvalue weighted by Gasteiger charge is 2.17. The molecule has 0 bridgehead atoms. The third-order valence-corrected chi connectivity index (χ3v) is 5.14. The fraction of sp³-hybridized carbons (Fsp3) is 0.238. The van der Waals surface area contributed by atoms with Crippen LogP contribution in [0.25, 0.3) is 16.9 Å². The average molecular weight is 406 g/mol. The number of likely N-dealkylation sites (N-methyl/N-ethyl adjacent to an activating group) is 1. The first kappa shape index (κ1) is 19.6. The van der Waals surface area contributed by atoms with Crippen LogP contribution in [0.3, 0.4) is 0 Å². The lowest BCUT2D eigenvalue weighted by molar-refractivity contribution is -0.384. The lowest BCUT2D eigenvalue weighted by Crippen LogP contribution is -2.41. The van der Waals surface area contributed by atoms with Crippen LogP contribution >= 0.6 is 0 Å². The minimum absolute atomic E-state index is 0.0292. The predicted molar refractivity (Wildman–Crippen MR) is 115 cm³/mol. The third-order valence-electron chi connectivity index (χ3n) is 5.14. The zero-order valence-corrected chi connectivity index (χ0v) is 16.6. The van der Waals surface area contributed by atoms with Crippen molar-refractivity contribution in [3.05, 3.63) is 80.6 Å². The van der Waals surface area contributed by atoms with Gasteiger partial charge < -0.3 is 4.90 Å². The molecular formula is C21H22N6O3. The molecule has 1 fully saturated rings. The molecule has 0 amide bonds. The van der Waals surface area contributed by atoms with Crippen LogP contribution in [0.15, 0.2) is 64.5 Å². The normalized spacial score (nSPS) is 15.0. The summed E-state index contributed by atoms with van der Waals surface area (Å²) in [7, 11) is 2.07. The Morgan fingerprint density at radius 2 is 1.70 bits per heavy atom. The quantitative estimate of drug-likeness (QED) is 0.398. The molecule has 2 heterocycles. The molecule has 0 saturated carbocycles. The van der Waals surface area contributed by atoms with E-state index in [1.807, 2.05) is 35.3 Å². The van der Waals surface area contributed by atoms with Crippen molar-refractivity contribution in [2.24, 2.45) is 5.10 Å². The molecule has 4 rings (SSSR count). The summed E-state index contributed by atoms with van der Waals surface area (Å²) in [5, 5.41) is 20.6. The molecular weight excluding hydrogens is 384 g/mol. The Labute approximate surface area is 173 Å². The van der Waals surface area contributed by atoms with E-state index in [1.54, 1.807) is 18.3 Å². The number of hydrogen-bond acceptors (Lipinski definition) is 6. The van der Waals surface area contributed by atoms with Gasteiger partial charge in [-0.2, -0.15) is 5.10 Å². The highest BCUT2D eigenvalue weighted by atomic mass is 16.6. The van der Waals surface area contributed by atoms with E-state index < -0.39 is 4.92 Å². The number of benzene rings is 2. The summed E-state index contributed by atoms with van der Waals surface area (Å²) in [4.78, 5) is 25.9. The summed E-state index contributed by atoms with van der Waals surface area (Å²) in [6, 6.07) is 15.4. The lowest BCUT2D eigenvalue weighted by atomic mass is 10.1. The van der Waals surface area contributed by atoms with E-state index in [9.17, 15) is 14.9 Å². The van der Waals surface area contributed by atoms with Gasteiger partial charge in [0.05, 0.1) is 28.1 Å². The fourth-order valence-corrected chi connectivity index (χ4v) is 3.35. The monoisotopic (exact) mass is 406 g/mol. The summed E-state index contributed by atoms with van der Waals surface area (Å²) < 4.78 is 1.39. The first-order valence-electron chi connectivity index (χ1n) is 9.65. The smallest absolute Gasteiger partial charge is 0.280 e. The minimum Gasteiger partial charge on any atom is -0.303 e. The highest BCUT2D eigenvalue weighted by Crippen LogP contribution is 2.21. The van der Waals surface area contributed by atoms with Gasteiger partial charge in [-0.15, -0.1) is 0 Å². The van der Waals surface area contributed by atoms with Crippen molar-refractivity contribution in [2.75, 3.05) is 33.2 Å².